The molecule has 2 atom stereocenters. The van der Waals surface area contributed by atoms with Crippen LogP contribution in [0.4, 0.5) is 0 Å². The van der Waals surface area contributed by atoms with E-state index < -0.39 is 0 Å². The summed E-state index contributed by atoms with van der Waals surface area (Å²) in [4.78, 5) is 0. The van der Waals surface area contributed by atoms with Crippen molar-refractivity contribution in [2.45, 2.75) is 72.1 Å². The summed E-state index contributed by atoms with van der Waals surface area (Å²) in [5, 5.41) is 7.13. The molecule has 108 valence electrons. The standard InChI is InChI=1S/C15H32N2O/c1-6-18-14-11-13(15(14,4)5)17-10-8-7-9-16-12(2)3/h12-14,16-17H,6-11H2,1-5H3. The Morgan fingerprint density at radius 2 is 1.89 bits per heavy atom. The highest BCUT2D eigenvalue weighted by atomic mass is 16.5. The van der Waals surface area contributed by atoms with Gasteiger partial charge in [-0.3, -0.25) is 0 Å². The number of nitrogens with one attached hydrogen (secondary N) is 2. The normalized spacial score (nSPS) is 26.3. The van der Waals surface area contributed by atoms with Gasteiger partial charge in [0.15, 0.2) is 0 Å². The summed E-state index contributed by atoms with van der Waals surface area (Å²) in [6.07, 6.45) is 4.13. The molecule has 0 aromatic heterocycles. The summed E-state index contributed by atoms with van der Waals surface area (Å²) in [5.41, 5.74) is 0.298. The monoisotopic (exact) mass is 256 g/mol. The summed E-state index contributed by atoms with van der Waals surface area (Å²) in [6.45, 7) is 14.2. The molecule has 1 aliphatic rings. The molecule has 0 saturated heterocycles. The number of rotatable bonds is 9. The van der Waals surface area contributed by atoms with Crippen LogP contribution in [0.2, 0.25) is 0 Å². The predicted molar refractivity (Wildman–Crippen MR) is 78.0 cm³/mol. The Hall–Kier alpha value is -0.120. The molecule has 0 heterocycles. The van der Waals surface area contributed by atoms with Crippen molar-refractivity contribution in [2.75, 3.05) is 19.7 Å². The molecule has 0 amide bonds. The number of hydrogen-bond acceptors (Lipinski definition) is 3. The molecule has 3 heteroatoms. The molecule has 1 aliphatic carbocycles. The van der Waals surface area contributed by atoms with Crippen LogP contribution >= 0.6 is 0 Å². The third-order valence-corrected chi connectivity index (χ3v) is 4.09. The minimum Gasteiger partial charge on any atom is -0.378 e. The van der Waals surface area contributed by atoms with Crippen molar-refractivity contribution in [1.82, 2.24) is 10.6 Å². The van der Waals surface area contributed by atoms with Crippen molar-refractivity contribution in [2.24, 2.45) is 5.41 Å². The van der Waals surface area contributed by atoms with Gasteiger partial charge in [-0.1, -0.05) is 27.7 Å². The Morgan fingerprint density at radius 3 is 2.44 bits per heavy atom. The van der Waals surface area contributed by atoms with Crippen molar-refractivity contribution < 1.29 is 4.74 Å². The molecule has 0 aromatic carbocycles. The van der Waals surface area contributed by atoms with E-state index in [-0.39, 0.29) is 0 Å². The zero-order chi connectivity index (χ0) is 13.6. The number of hydrogen-bond donors (Lipinski definition) is 2. The second-order valence-electron chi connectivity index (χ2n) is 6.32. The highest BCUT2D eigenvalue weighted by Crippen LogP contribution is 2.42. The van der Waals surface area contributed by atoms with E-state index in [1.165, 1.54) is 19.3 Å². The van der Waals surface area contributed by atoms with E-state index in [0.717, 1.165) is 19.7 Å². The van der Waals surface area contributed by atoms with Crippen molar-refractivity contribution in [3.8, 4) is 0 Å². The molecule has 0 radical (unpaired) electrons. The summed E-state index contributed by atoms with van der Waals surface area (Å²) < 4.78 is 5.74. The fourth-order valence-corrected chi connectivity index (χ4v) is 2.63. The second kappa shape index (κ2) is 7.46. The van der Waals surface area contributed by atoms with Gasteiger partial charge < -0.3 is 15.4 Å². The van der Waals surface area contributed by atoms with E-state index in [1.54, 1.807) is 0 Å². The van der Waals surface area contributed by atoms with Crippen molar-refractivity contribution in [3.05, 3.63) is 0 Å². The quantitative estimate of drug-likeness (QED) is 0.622. The molecule has 0 aromatic rings. The molecule has 3 nitrogen and oxygen atoms in total. The van der Waals surface area contributed by atoms with Gasteiger partial charge in [0.1, 0.15) is 0 Å². The Morgan fingerprint density at radius 1 is 1.22 bits per heavy atom. The van der Waals surface area contributed by atoms with Gasteiger partial charge in [0.25, 0.3) is 0 Å². The zero-order valence-corrected chi connectivity index (χ0v) is 12.9. The number of ether oxygens (including phenoxy) is 1. The van der Waals surface area contributed by atoms with Crippen molar-refractivity contribution in [1.29, 1.82) is 0 Å². The van der Waals surface area contributed by atoms with Crippen LogP contribution < -0.4 is 10.6 Å². The van der Waals surface area contributed by atoms with Crippen LogP contribution in [0.25, 0.3) is 0 Å². The van der Waals surface area contributed by atoms with E-state index in [0.29, 0.717) is 23.6 Å². The molecular weight excluding hydrogens is 224 g/mol. The van der Waals surface area contributed by atoms with E-state index >= 15 is 0 Å². The second-order valence-corrected chi connectivity index (χ2v) is 6.32. The molecule has 2 unspecified atom stereocenters. The average Bonchev–Trinajstić information content (AvgIpc) is 2.30. The Balaban J connectivity index is 2.04. The fourth-order valence-electron chi connectivity index (χ4n) is 2.63. The Bertz CT molecular complexity index is 229. The first kappa shape index (κ1) is 15.9. The molecular formula is C15H32N2O. The zero-order valence-electron chi connectivity index (χ0n) is 12.9. The summed E-state index contributed by atoms with van der Waals surface area (Å²) in [6, 6.07) is 1.24. The van der Waals surface area contributed by atoms with Crippen LogP contribution in [0.3, 0.4) is 0 Å². The molecule has 2 N–H and O–H groups in total. The first-order valence-electron chi connectivity index (χ1n) is 7.56. The fraction of sp³-hybridized carbons (Fsp3) is 1.00. The summed E-state index contributed by atoms with van der Waals surface area (Å²) >= 11 is 0. The van der Waals surface area contributed by atoms with Gasteiger partial charge >= 0.3 is 0 Å². The third-order valence-electron chi connectivity index (χ3n) is 4.09. The van der Waals surface area contributed by atoms with E-state index in [1.807, 2.05) is 0 Å². The molecule has 1 rings (SSSR count). The third kappa shape index (κ3) is 4.52. The van der Waals surface area contributed by atoms with Gasteiger partial charge in [-0.25, -0.2) is 0 Å². The van der Waals surface area contributed by atoms with Gasteiger partial charge in [0.2, 0.25) is 0 Å². The molecule has 18 heavy (non-hydrogen) atoms. The highest BCUT2D eigenvalue weighted by Gasteiger charge is 2.48. The van der Waals surface area contributed by atoms with Crippen molar-refractivity contribution >= 4 is 0 Å². The van der Waals surface area contributed by atoms with Crippen molar-refractivity contribution in [3.63, 3.8) is 0 Å². The van der Waals surface area contributed by atoms with Crippen LogP contribution in [-0.2, 0) is 4.74 Å². The van der Waals surface area contributed by atoms with Crippen LogP contribution in [0.15, 0.2) is 0 Å². The van der Waals surface area contributed by atoms with Crippen LogP contribution in [-0.4, -0.2) is 37.9 Å². The lowest BCUT2D eigenvalue weighted by Gasteiger charge is -2.52. The highest BCUT2D eigenvalue weighted by molar-refractivity contribution is 5.02. The predicted octanol–water partition coefficient (Wildman–Crippen LogP) is 2.56. The minimum atomic E-state index is 0.298. The lowest BCUT2D eigenvalue weighted by molar-refractivity contribution is -0.113. The van der Waals surface area contributed by atoms with Gasteiger partial charge in [0.05, 0.1) is 6.10 Å². The smallest absolute Gasteiger partial charge is 0.0655 e. The largest absolute Gasteiger partial charge is 0.378 e. The van der Waals surface area contributed by atoms with Crippen LogP contribution in [0, 0.1) is 5.41 Å². The maximum atomic E-state index is 5.74. The topological polar surface area (TPSA) is 33.3 Å². The summed E-state index contributed by atoms with van der Waals surface area (Å²) in [7, 11) is 0. The van der Waals surface area contributed by atoms with Crippen LogP contribution in [0.5, 0.6) is 0 Å². The lowest BCUT2D eigenvalue weighted by atomic mass is 9.64. The lowest BCUT2D eigenvalue weighted by Crippen LogP contribution is -2.61. The maximum Gasteiger partial charge on any atom is 0.0655 e. The maximum absolute atomic E-state index is 5.74. The van der Waals surface area contributed by atoms with E-state index in [2.05, 4.69) is 45.3 Å². The van der Waals surface area contributed by atoms with Crippen LogP contribution in [0.1, 0.15) is 53.9 Å². The molecule has 1 saturated carbocycles. The Labute approximate surface area is 113 Å². The number of unbranched alkanes of at least 4 members (excludes halogenated alkanes) is 1. The summed E-state index contributed by atoms with van der Waals surface area (Å²) in [5.74, 6) is 0. The van der Waals surface area contributed by atoms with Gasteiger partial charge in [-0.15, -0.1) is 0 Å². The van der Waals surface area contributed by atoms with Gasteiger partial charge in [0, 0.05) is 24.1 Å². The van der Waals surface area contributed by atoms with Gasteiger partial charge in [-0.05, 0) is 39.3 Å². The molecule has 0 aliphatic heterocycles. The molecule has 0 spiro atoms. The minimum absolute atomic E-state index is 0.298. The SMILES string of the molecule is CCOC1CC(NCCCCNC(C)C)C1(C)C. The first-order chi connectivity index (χ1) is 8.48. The molecule has 1 fully saturated rings. The Kier molecular flexibility index (Phi) is 6.61. The first-order valence-corrected chi connectivity index (χ1v) is 7.56. The molecule has 0 bridgehead atoms. The van der Waals surface area contributed by atoms with Gasteiger partial charge in [-0.2, -0.15) is 0 Å². The van der Waals surface area contributed by atoms with E-state index in [9.17, 15) is 0 Å². The average molecular weight is 256 g/mol. The van der Waals surface area contributed by atoms with E-state index in [4.69, 9.17) is 4.74 Å².